The minimum absolute atomic E-state index is 0.124. The van der Waals surface area contributed by atoms with Gasteiger partial charge in [-0.2, -0.15) is 0 Å². The number of rotatable bonds is 4. The number of hydrogen-bond donors (Lipinski definition) is 1. The highest BCUT2D eigenvalue weighted by Crippen LogP contribution is 2.32. The first kappa shape index (κ1) is 15.0. The first-order valence-corrected chi connectivity index (χ1v) is 7.52. The average Bonchev–Trinajstić information content (AvgIpc) is 2.42. The van der Waals surface area contributed by atoms with Crippen LogP contribution < -0.4 is 5.32 Å². The Kier molecular flexibility index (Phi) is 4.77. The first-order chi connectivity index (χ1) is 9.49. The number of hydrogen-bond acceptors (Lipinski definition) is 3. The number of halogens is 2. The fourth-order valence-electron chi connectivity index (χ4n) is 1.94. The zero-order valence-electron chi connectivity index (χ0n) is 10.6. The normalized spacial score (nSPS) is 11.9. The molecule has 1 N–H and O–H groups in total. The summed E-state index contributed by atoms with van der Waals surface area (Å²) in [5.74, 6) is 0. The highest BCUT2D eigenvalue weighted by Gasteiger charge is 2.18. The van der Waals surface area contributed by atoms with Crippen LogP contribution >= 0.6 is 31.9 Å². The van der Waals surface area contributed by atoms with E-state index in [1.54, 1.807) is 18.2 Å². The zero-order chi connectivity index (χ0) is 14.7. The molecule has 104 valence electrons. The predicted octanol–water partition coefficient (Wildman–Crippen LogP) is 5.29. The minimum Gasteiger partial charge on any atom is -0.377 e. The fourth-order valence-corrected chi connectivity index (χ4v) is 2.66. The van der Waals surface area contributed by atoms with E-state index in [-0.39, 0.29) is 16.7 Å². The Morgan fingerprint density at radius 3 is 2.60 bits per heavy atom. The van der Waals surface area contributed by atoms with E-state index in [4.69, 9.17) is 0 Å². The molecule has 0 amide bonds. The van der Waals surface area contributed by atoms with Gasteiger partial charge in [-0.15, -0.1) is 0 Å². The molecule has 2 aromatic carbocycles. The maximum atomic E-state index is 11.1. The SMILES string of the molecule is CC(Nc1cc(Br)ccc1Br)c1ccccc1[N+](=O)[O-]. The molecular weight excluding hydrogens is 388 g/mol. The zero-order valence-corrected chi connectivity index (χ0v) is 13.8. The van der Waals surface area contributed by atoms with Crippen LogP contribution in [-0.2, 0) is 0 Å². The van der Waals surface area contributed by atoms with Gasteiger partial charge < -0.3 is 5.32 Å². The van der Waals surface area contributed by atoms with E-state index in [0.717, 1.165) is 14.6 Å². The van der Waals surface area contributed by atoms with Gasteiger partial charge in [-0.05, 0) is 41.1 Å². The minimum atomic E-state index is -0.358. The van der Waals surface area contributed by atoms with Crippen molar-refractivity contribution in [3.05, 3.63) is 67.1 Å². The molecule has 1 unspecified atom stereocenters. The number of nitro groups is 1. The Labute approximate surface area is 133 Å². The molecule has 6 heteroatoms. The molecule has 0 radical (unpaired) electrons. The Morgan fingerprint density at radius 2 is 1.90 bits per heavy atom. The molecule has 2 aromatic rings. The lowest BCUT2D eigenvalue weighted by atomic mass is 10.1. The molecule has 20 heavy (non-hydrogen) atoms. The second kappa shape index (κ2) is 6.37. The van der Waals surface area contributed by atoms with Crippen LogP contribution in [0.5, 0.6) is 0 Å². The Hall–Kier alpha value is -1.40. The average molecular weight is 400 g/mol. The highest BCUT2D eigenvalue weighted by atomic mass is 79.9. The van der Waals surface area contributed by atoms with Gasteiger partial charge in [0.1, 0.15) is 0 Å². The van der Waals surface area contributed by atoms with Crippen LogP contribution in [0.1, 0.15) is 18.5 Å². The van der Waals surface area contributed by atoms with Crippen molar-refractivity contribution in [3.8, 4) is 0 Å². The van der Waals surface area contributed by atoms with Crippen LogP contribution in [0.25, 0.3) is 0 Å². The van der Waals surface area contributed by atoms with E-state index in [0.29, 0.717) is 5.56 Å². The Morgan fingerprint density at radius 1 is 1.20 bits per heavy atom. The summed E-state index contributed by atoms with van der Waals surface area (Å²) in [6, 6.07) is 12.3. The van der Waals surface area contributed by atoms with E-state index >= 15 is 0 Å². The summed E-state index contributed by atoms with van der Waals surface area (Å²) >= 11 is 6.87. The highest BCUT2D eigenvalue weighted by molar-refractivity contribution is 9.11. The van der Waals surface area contributed by atoms with E-state index in [1.807, 2.05) is 25.1 Å². The summed E-state index contributed by atoms with van der Waals surface area (Å²) in [7, 11) is 0. The van der Waals surface area contributed by atoms with Gasteiger partial charge in [-0.1, -0.05) is 34.1 Å². The van der Waals surface area contributed by atoms with Crippen LogP contribution in [-0.4, -0.2) is 4.92 Å². The van der Waals surface area contributed by atoms with Crippen molar-refractivity contribution in [3.63, 3.8) is 0 Å². The van der Waals surface area contributed by atoms with Crippen molar-refractivity contribution in [2.45, 2.75) is 13.0 Å². The smallest absolute Gasteiger partial charge is 0.274 e. The molecule has 0 fully saturated rings. The van der Waals surface area contributed by atoms with Crippen molar-refractivity contribution in [2.24, 2.45) is 0 Å². The molecule has 0 aromatic heterocycles. The molecule has 1 atom stereocenters. The van der Waals surface area contributed by atoms with Crippen molar-refractivity contribution >= 4 is 43.2 Å². The number of nitro benzene ring substituents is 1. The van der Waals surface area contributed by atoms with Crippen LogP contribution in [0.4, 0.5) is 11.4 Å². The molecule has 0 heterocycles. The van der Waals surface area contributed by atoms with Gasteiger partial charge in [-0.25, -0.2) is 0 Å². The predicted molar refractivity (Wildman–Crippen MR) is 87.0 cm³/mol. The van der Waals surface area contributed by atoms with Gasteiger partial charge in [0.25, 0.3) is 5.69 Å². The van der Waals surface area contributed by atoms with Crippen molar-refractivity contribution in [1.29, 1.82) is 0 Å². The van der Waals surface area contributed by atoms with Gasteiger partial charge in [-0.3, -0.25) is 10.1 Å². The largest absolute Gasteiger partial charge is 0.377 e. The summed E-state index contributed by atoms with van der Waals surface area (Å²) in [6.07, 6.45) is 0. The molecule has 0 saturated carbocycles. The van der Waals surface area contributed by atoms with Crippen LogP contribution in [0, 0.1) is 10.1 Å². The Bertz CT molecular complexity index is 647. The molecule has 0 aliphatic carbocycles. The van der Waals surface area contributed by atoms with E-state index < -0.39 is 0 Å². The number of para-hydroxylation sites is 1. The van der Waals surface area contributed by atoms with Gasteiger partial charge >= 0.3 is 0 Å². The molecule has 0 aliphatic heterocycles. The lowest BCUT2D eigenvalue weighted by molar-refractivity contribution is -0.385. The summed E-state index contributed by atoms with van der Waals surface area (Å²) < 4.78 is 1.85. The molecular formula is C14H12Br2N2O2. The number of benzene rings is 2. The molecule has 2 rings (SSSR count). The first-order valence-electron chi connectivity index (χ1n) is 5.94. The molecule has 0 bridgehead atoms. The summed E-state index contributed by atoms with van der Waals surface area (Å²) in [4.78, 5) is 10.7. The maximum Gasteiger partial charge on any atom is 0.274 e. The lowest BCUT2D eigenvalue weighted by Crippen LogP contribution is -2.09. The fraction of sp³-hybridized carbons (Fsp3) is 0.143. The van der Waals surface area contributed by atoms with Crippen LogP contribution in [0.2, 0.25) is 0 Å². The van der Waals surface area contributed by atoms with E-state index in [9.17, 15) is 10.1 Å². The third-order valence-corrected chi connectivity index (χ3v) is 4.09. The summed E-state index contributed by atoms with van der Waals surface area (Å²) in [5, 5.41) is 14.3. The van der Waals surface area contributed by atoms with Crippen molar-refractivity contribution in [1.82, 2.24) is 0 Å². The third kappa shape index (κ3) is 3.37. The van der Waals surface area contributed by atoms with E-state index in [2.05, 4.69) is 37.2 Å². The summed E-state index contributed by atoms with van der Waals surface area (Å²) in [5.41, 5.74) is 1.66. The third-order valence-electron chi connectivity index (χ3n) is 2.90. The van der Waals surface area contributed by atoms with Gasteiger partial charge in [0.05, 0.1) is 22.2 Å². The maximum absolute atomic E-state index is 11.1. The quantitative estimate of drug-likeness (QED) is 0.561. The van der Waals surface area contributed by atoms with Crippen LogP contribution in [0.15, 0.2) is 51.4 Å². The summed E-state index contributed by atoms with van der Waals surface area (Å²) in [6.45, 7) is 1.90. The molecule has 4 nitrogen and oxygen atoms in total. The molecule has 0 saturated heterocycles. The van der Waals surface area contributed by atoms with E-state index in [1.165, 1.54) is 6.07 Å². The monoisotopic (exact) mass is 398 g/mol. The van der Waals surface area contributed by atoms with Crippen molar-refractivity contribution < 1.29 is 4.92 Å². The standard InChI is InChI=1S/C14H12Br2N2O2/c1-9(11-4-2-3-5-14(11)18(19)20)17-13-8-10(15)6-7-12(13)16/h2-9,17H,1H3. The number of anilines is 1. The van der Waals surface area contributed by atoms with Crippen LogP contribution in [0.3, 0.4) is 0 Å². The van der Waals surface area contributed by atoms with Gasteiger partial charge in [0.2, 0.25) is 0 Å². The lowest BCUT2D eigenvalue weighted by Gasteiger charge is -2.17. The molecule has 0 aliphatic rings. The second-order valence-corrected chi connectivity index (χ2v) is 6.08. The number of nitrogens with one attached hydrogen (secondary N) is 1. The Balaban J connectivity index is 2.31. The molecule has 0 spiro atoms. The van der Waals surface area contributed by atoms with Crippen molar-refractivity contribution in [2.75, 3.05) is 5.32 Å². The van der Waals surface area contributed by atoms with Gasteiger partial charge in [0.15, 0.2) is 0 Å². The van der Waals surface area contributed by atoms with Gasteiger partial charge in [0, 0.05) is 15.0 Å². The topological polar surface area (TPSA) is 55.2 Å². The second-order valence-electron chi connectivity index (χ2n) is 4.31. The number of nitrogens with zero attached hydrogens (tertiary/aromatic N) is 1.